The molecule has 0 saturated heterocycles. The fraction of sp³-hybridized carbons (Fsp3) is 0.153. The maximum atomic E-state index is 2.57. The predicted octanol–water partition coefficient (Wildman–Crippen LogP) is 15.0. The topological polar surface area (TPSA) is 3.24 Å². The minimum Gasteiger partial charge on any atom is -0.309 e. The fourth-order valence-electron chi connectivity index (χ4n) is 10.7. The van der Waals surface area contributed by atoms with Crippen LogP contribution in [-0.4, -0.2) is 0 Å². The SMILES string of the molecule is CC1CC=c2c(ccc3ccccc23)=C1c1ccccc1N(c1cccc(-c2cccc3ccccc23)c1)c1ccccc1-c1cccc2cccc(C3CCCCC3)c12. The van der Waals surface area contributed by atoms with E-state index in [0.29, 0.717) is 11.8 Å². The Morgan fingerprint density at radius 2 is 1.07 bits per heavy atom. The molecule has 0 N–H and O–H groups in total. The van der Waals surface area contributed by atoms with Crippen LogP contribution >= 0.6 is 0 Å². The number of hydrogen-bond donors (Lipinski definition) is 0. The van der Waals surface area contributed by atoms with Crippen molar-refractivity contribution in [3.05, 3.63) is 210 Å². The molecule has 0 aliphatic heterocycles. The lowest BCUT2D eigenvalue weighted by atomic mass is 9.80. The van der Waals surface area contributed by atoms with Crippen molar-refractivity contribution in [2.45, 2.75) is 51.4 Å². The molecule has 0 amide bonds. The third-order valence-electron chi connectivity index (χ3n) is 13.5. The normalized spacial score (nSPS) is 15.6. The summed E-state index contributed by atoms with van der Waals surface area (Å²) < 4.78 is 0. The van der Waals surface area contributed by atoms with Crippen LogP contribution in [-0.2, 0) is 0 Å². The van der Waals surface area contributed by atoms with E-state index in [1.807, 2.05) is 0 Å². The molecule has 0 bridgehead atoms. The standard InChI is InChI=1S/C59H49N/c1-40-35-37-51-48-27-8-6-20-43(48)36-38-54(51)58(40)55-29-10-12-34-57(55)60(46-25-13-24-45(39-46)49-30-14-21-41-19-5-7-26-47(41)49)56-33-11-9-28-52(56)53-32-16-23-44-22-15-31-50(59(44)53)42-17-3-2-4-18-42/h5-16,19-34,36-40,42H,2-4,17-18,35H2,1H3. The molecule has 0 aromatic heterocycles. The van der Waals surface area contributed by atoms with Gasteiger partial charge in [-0.15, -0.1) is 0 Å². The maximum Gasteiger partial charge on any atom is 0.0540 e. The summed E-state index contributed by atoms with van der Waals surface area (Å²) in [5, 5.41) is 10.6. The third kappa shape index (κ3) is 6.32. The molecule has 1 unspecified atom stereocenters. The van der Waals surface area contributed by atoms with Gasteiger partial charge in [0.2, 0.25) is 0 Å². The van der Waals surface area contributed by atoms with E-state index in [0.717, 1.165) is 12.1 Å². The summed E-state index contributed by atoms with van der Waals surface area (Å²) in [6.07, 6.45) is 9.97. The summed E-state index contributed by atoms with van der Waals surface area (Å²) in [4.78, 5) is 2.57. The molecule has 2 aliphatic carbocycles. The molecular formula is C59H49N. The molecule has 1 saturated carbocycles. The van der Waals surface area contributed by atoms with Gasteiger partial charge < -0.3 is 4.90 Å². The molecule has 1 atom stereocenters. The quantitative estimate of drug-likeness (QED) is 0.156. The minimum atomic E-state index is 0.343. The Morgan fingerprint density at radius 1 is 0.467 bits per heavy atom. The Bertz CT molecular complexity index is 3190. The van der Waals surface area contributed by atoms with E-state index in [4.69, 9.17) is 0 Å². The predicted molar refractivity (Wildman–Crippen MR) is 257 cm³/mol. The van der Waals surface area contributed by atoms with Gasteiger partial charge in [-0.3, -0.25) is 0 Å². The van der Waals surface area contributed by atoms with Gasteiger partial charge in [0.05, 0.1) is 11.4 Å². The largest absolute Gasteiger partial charge is 0.309 e. The van der Waals surface area contributed by atoms with E-state index in [2.05, 4.69) is 206 Å². The van der Waals surface area contributed by atoms with Crippen molar-refractivity contribution in [3.8, 4) is 22.3 Å². The van der Waals surface area contributed by atoms with E-state index < -0.39 is 0 Å². The average Bonchev–Trinajstić information content (AvgIpc) is 3.32. The van der Waals surface area contributed by atoms with Gasteiger partial charge in [-0.1, -0.05) is 196 Å². The van der Waals surface area contributed by atoms with E-state index in [1.165, 1.54) is 125 Å². The second-order valence-corrected chi connectivity index (χ2v) is 17.0. The Kier molecular flexibility index (Phi) is 9.39. The second-order valence-electron chi connectivity index (χ2n) is 17.0. The molecule has 0 spiro atoms. The fourth-order valence-corrected chi connectivity index (χ4v) is 10.7. The lowest BCUT2D eigenvalue weighted by Gasteiger charge is -2.32. The average molecular weight is 772 g/mol. The van der Waals surface area contributed by atoms with Gasteiger partial charge in [-0.2, -0.15) is 0 Å². The highest BCUT2D eigenvalue weighted by atomic mass is 15.1. The van der Waals surface area contributed by atoms with E-state index in [9.17, 15) is 0 Å². The summed E-state index contributed by atoms with van der Waals surface area (Å²) in [5.41, 5.74) is 12.7. The van der Waals surface area contributed by atoms with Gasteiger partial charge in [-0.25, -0.2) is 0 Å². The van der Waals surface area contributed by atoms with E-state index in [-0.39, 0.29) is 0 Å². The van der Waals surface area contributed by atoms with Crippen molar-refractivity contribution in [2.24, 2.45) is 5.92 Å². The van der Waals surface area contributed by atoms with Crippen LogP contribution in [0.25, 0.3) is 66.2 Å². The maximum absolute atomic E-state index is 2.57. The molecule has 60 heavy (non-hydrogen) atoms. The summed E-state index contributed by atoms with van der Waals surface area (Å²) in [6.45, 7) is 2.41. The summed E-state index contributed by atoms with van der Waals surface area (Å²) in [7, 11) is 0. The highest BCUT2D eigenvalue weighted by Crippen LogP contribution is 2.48. The third-order valence-corrected chi connectivity index (χ3v) is 13.5. The van der Waals surface area contributed by atoms with Crippen molar-refractivity contribution in [3.63, 3.8) is 0 Å². The van der Waals surface area contributed by atoms with Crippen molar-refractivity contribution in [1.82, 2.24) is 0 Å². The van der Waals surface area contributed by atoms with Crippen LogP contribution < -0.4 is 15.3 Å². The zero-order chi connectivity index (χ0) is 40.0. The van der Waals surface area contributed by atoms with Crippen molar-refractivity contribution in [2.75, 3.05) is 4.90 Å². The molecule has 1 fully saturated rings. The minimum absolute atomic E-state index is 0.343. The number of hydrogen-bond acceptors (Lipinski definition) is 1. The van der Waals surface area contributed by atoms with E-state index in [1.54, 1.807) is 0 Å². The van der Waals surface area contributed by atoms with Gasteiger partial charge in [0, 0.05) is 16.8 Å². The molecule has 0 heterocycles. The molecule has 2 aliphatic rings. The van der Waals surface area contributed by atoms with Crippen molar-refractivity contribution < 1.29 is 0 Å². The van der Waals surface area contributed by atoms with Crippen LogP contribution in [0.2, 0.25) is 0 Å². The molecule has 290 valence electrons. The Hall–Kier alpha value is -6.70. The number of para-hydroxylation sites is 2. The number of nitrogens with zero attached hydrogens (tertiary/aromatic N) is 1. The monoisotopic (exact) mass is 771 g/mol. The molecule has 9 aromatic carbocycles. The number of anilines is 3. The van der Waals surface area contributed by atoms with Gasteiger partial charge in [0.25, 0.3) is 0 Å². The van der Waals surface area contributed by atoms with Gasteiger partial charge in [-0.05, 0) is 126 Å². The van der Waals surface area contributed by atoms with Gasteiger partial charge >= 0.3 is 0 Å². The Labute approximate surface area is 353 Å². The zero-order valence-corrected chi connectivity index (χ0v) is 34.3. The van der Waals surface area contributed by atoms with Crippen LogP contribution in [0.4, 0.5) is 17.1 Å². The molecule has 1 heteroatoms. The first-order valence-electron chi connectivity index (χ1n) is 22.0. The van der Waals surface area contributed by atoms with Crippen LogP contribution in [0.15, 0.2) is 188 Å². The first-order valence-corrected chi connectivity index (χ1v) is 22.0. The molecule has 1 nitrogen and oxygen atoms in total. The Morgan fingerprint density at radius 3 is 1.88 bits per heavy atom. The van der Waals surface area contributed by atoms with Crippen molar-refractivity contribution in [1.29, 1.82) is 0 Å². The summed E-state index contributed by atoms with van der Waals surface area (Å²) >= 11 is 0. The lowest BCUT2D eigenvalue weighted by molar-refractivity contribution is 0.445. The zero-order valence-electron chi connectivity index (χ0n) is 34.3. The number of fused-ring (bicyclic) bond motifs is 5. The van der Waals surface area contributed by atoms with Crippen molar-refractivity contribution >= 4 is 61.0 Å². The van der Waals surface area contributed by atoms with E-state index >= 15 is 0 Å². The van der Waals surface area contributed by atoms with Crippen LogP contribution in [0.5, 0.6) is 0 Å². The smallest absolute Gasteiger partial charge is 0.0540 e. The Balaban J connectivity index is 1.19. The lowest BCUT2D eigenvalue weighted by Crippen LogP contribution is -2.33. The first-order chi connectivity index (χ1) is 29.7. The van der Waals surface area contributed by atoms with Crippen LogP contribution in [0, 0.1) is 5.92 Å². The highest BCUT2D eigenvalue weighted by molar-refractivity contribution is 6.04. The number of benzene rings is 9. The highest BCUT2D eigenvalue weighted by Gasteiger charge is 2.26. The summed E-state index contributed by atoms with van der Waals surface area (Å²) in [6, 6.07) is 70.5. The second kappa shape index (κ2) is 15.5. The first kappa shape index (κ1) is 36.4. The van der Waals surface area contributed by atoms with Crippen LogP contribution in [0.1, 0.15) is 62.5 Å². The molecule has 11 rings (SSSR count). The van der Waals surface area contributed by atoms with Gasteiger partial charge in [0.15, 0.2) is 0 Å². The van der Waals surface area contributed by atoms with Gasteiger partial charge in [0.1, 0.15) is 0 Å². The summed E-state index contributed by atoms with van der Waals surface area (Å²) in [5.74, 6) is 0.928. The number of rotatable bonds is 7. The molecule has 0 radical (unpaired) electrons. The molecular weight excluding hydrogens is 723 g/mol. The molecule has 9 aromatic rings. The van der Waals surface area contributed by atoms with Crippen LogP contribution in [0.3, 0.4) is 0 Å².